The lowest BCUT2D eigenvalue weighted by Crippen LogP contribution is -2.46. The molecule has 2 heterocycles. The van der Waals surface area contributed by atoms with Gasteiger partial charge in [0.1, 0.15) is 11.2 Å². The van der Waals surface area contributed by atoms with E-state index in [1.807, 2.05) is 39.8 Å². The molecule has 26 heavy (non-hydrogen) atoms. The highest BCUT2D eigenvalue weighted by Crippen LogP contribution is 2.17. The van der Waals surface area contributed by atoms with Crippen LogP contribution in [-0.2, 0) is 11.3 Å². The van der Waals surface area contributed by atoms with E-state index in [4.69, 9.17) is 0 Å². The number of nitrogens with zero attached hydrogens (tertiary/aromatic N) is 2. The zero-order valence-corrected chi connectivity index (χ0v) is 16.0. The zero-order chi connectivity index (χ0) is 19.1. The number of nitrogens with one attached hydrogen (secondary N) is 1. The number of para-hydroxylation sites is 1. The minimum Gasteiger partial charge on any atom is -0.350 e. The fraction of sp³-hybridized carbons (Fsp3) is 0.316. The molecule has 0 atom stereocenters. The molecule has 6 nitrogen and oxygen atoms in total. The molecular formula is C19H21N3O3S. The normalized spacial score (nSPS) is 11.7. The topological polar surface area (TPSA) is 73.1 Å². The van der Waals surface area contributed by atoms with Crippen molar-refractivity contribution in [1.29, 1.82) is 0 Å². The van der Waals surface area contributed by atoms with E-state index in [0.717, 1.165) is 10.1 Å². The Bertz CT molecular complexity index is 1100. The van der Waals surface area contributed by atoms with Gasteiger partial charge in [-0.25, -0.2) is 9.36 Å². The molecule has 0 aliphatic carbocycles. The van der Waals surface area contributed by atoms with Gasteiger partial charge >= 0.3 is 5.69 Å². The first-order valence-corrected chi connectivity index (χ1v) is 9.17. The Kier molecular flexibility index (Phi) is 4.58. The van der Waals surface area contributed by atoms with E-state index in [2.05, 4.69) is 5.32 Å². The highest BCUT2D eigenvalue weighted by Gasteiger charge is 2.20. The molecule has 0 radical (unpaired) electrons. The van der Waals surface area contributed by atoms with E-state index >= 15 is 0 Å². The van der Waals surface area contributed by atoms with Crippen LogP contribution in [0, 0.1) is 6.92 Å². The number of carbonyl (C=O) groups excluding carboxylic acids is 1. The molecule has 0 unspecified atom stereocenters. The number of rotatable bonds is 3. The third-order valence-electron chi connectivity index (χ3n) is 3.93. The van der Waals surface area contributed by atoms with Crippen molar-refractivity contribution in [2.45, 2.75) is 39.8 Å². The summed E-state index contributed by atoms with van der Waals surface area (Å²) < 4.78 is 2.97. The molecule has 2 aromatic heterocycles. The molecule has 0 fully saturated rings. The molecule has 1 N–H and O–H groups in total. The van der Waals surface area contributed by atoms with E-state index in [0.29, 0.717) is 15.9 Å². The molecule has 0 aliphatic heterocycles. The Labute approximate surface area is 154 Å². The maximum Gasteiger partial charge on any atom is 0.336 e. The Balaban J connectivity index is 2.23. The van der Waals surface area contributed by atoms with Crippen LogP contribution in [-0.4, -0.2) is 20.6 Å². The first kappa shape index (κ1) is 18.1. The summed E-state index contributed by atoms with van der Waals surface area (Å²) in [6, 6.07) is 8.91. The Morgan fingerprint density at radius 2 is 1.85 bits per heavy atom. The molecular weight excluding hydrogens is 350 g/mol. The van der Waals surface area contributed by atoms with Crippen molar-refractivity contribution in [1.82, 2.24) is 14.5 Å². The van der Waals surface area contributed by atoms with Gasteiger partial charge in [-0.2, -0.15) is 0 Å². The second-order valence-corrected chi connectivity index (χ2v) is 8.15. The zero-order valence-electron chi connectivity index (χ0n) is 15.2. The van der Waals surface area contributed by atoms with Gasteiger partial charge in [0.05, 0.1) is 11.2 Å². The standard InChI is InChI=1S/C19H21N3O3S/c1-12-7-5-6-8-13(12)22-17(24)16-14(9-10-26-16)21(18(22)25)11-15(23)20-19(2,3)4/h5-10H,11H2,1-4H3,(H,20,23). The first-order valence-electron chi connectivity index (χ1n) is 8.29. The van der Waals surface area contributed by atoms with Gasteiger partial charge in [-0.05, 0) is 50.8 Å². The van der Waals surface area contributed by atoms with Gasteiger partial charge in [0.25, 0.3) is 5.56 Å². The number of thiophene rings is 1. The third kappa shape index (κ3) is 3.35. The molecule has 0 bridgehead atoms. The molecule has 0 saturated carbocycles. The van der Waals surface area contributed by atoms with Crippen molar-refractivity contribution in [3.05, 3.63) is 62.1 Å². The lowest BCUT2D eigenvalue weighted by molar-refractivity contribution is -0.123. The number of fused-ring (bicyclic) bond motifs is 1. The van der Waals surface area contributed by atoms with Crippen LogP contribution in [0.2, 0.25) is 0 Å². The van der Waals surface area contributed by atoms with Gasteiger partial charge in [0.2, 0.25) is 5.91 Å². The number of aryl methyl sites for hydroxylation is 1. The molecule has 0 aliphatic rings. The fourth-order valence-corrected chi connectivity index (χ4v) is 3.69. The van der Waals surface area contributed by atoms with Crippen LogP contribution < -0.4 is 16.6 Å². The minimum absolute atomic E-state index is 0.143. The minimum atomic E-state index is -0.515. The summed E-state index contributed by atoms with van der Waals surface area (Å²) in [4.78, 5) is 38.4. The van der Waals surface area contributed by atoms with Crippen LogP contribution >= 0.6 is 11.3 Å². The second kappa shape index (κ2) is 6.57. The quantitative estimate of drug-likeness (QED) is 0.769. The van der Waals surface area contributed by atoms with Crippen LogP contribution in [0.5, 0.6) is 0 Å². The Hall–Kier alpha value is -2.67. The third-order valence-corrected chi connectivity index (χ3v) is 4.82. The average Bonchev–Trinajstić information content (AvgIpc) is 3.01. The Morgan fingerprint density at radius 1 is 1.15 bits per heavy atom. The van der Waals surface area contributed by atoms with Gasteiger partial charge in [-0.1, -0.05) is 18.2 Å². The van der Waals surface area contributed by atoms with Gasteiger partial charge in [-0.15, -0.1) is 11.3 Å². The van der Waals surface area contributed by atoms with Crippen molar-refractivity contribution < 1.29 is 4.79 Å². The van der Waals surface area contributed by atoms with Crippen molar-refractivity contribution in [2.75, 3.05) is 0 Å². The van der Waals surface area contributed by atoms with Crippen LogP contribution in [0.3, 0.4) is 0 Å². The fourth-order valence-electron chi connectivity index (χ4n) is 2.87. The summed E-state index contributed by atoms with van der Waals surface area (Å²) in [5.74, 6) is -0.276. The highest BCUT2D eigenvalue weighted by molar-refractivity contribution is 7.17. The number of aromatic nitrogens is 2. The molecule has 3 aromatic rings. The SMILES string of the molecule is Cc1ccccc1-n1c(=O)c2sccc2n(CC(=O)NC(C)(C)C)c1=O. The summed E-state index contributed by atoms with van der Waals surface area (Å²) in [5.41, 5.74) is 0.551. The number of hydrogen-bond donors (Lipinski definition) is 1. The second-order valence-electron chi connectivity index (χ2n) is 7.23. The van der Waals surface area contributed by atoms with Crippen LogP contribution in [0.4, 0.5) is 0 Å². The predicted molar refractivity (Wildman–Crippen MR) is 104 cm³/mol. The van der Waals surface area contributed by atoms with E-state index in [-0.39, 0.29) is 18.0 Å². The lowest BCUT2D eigenvalue weighted by Gasteiger charge is -2.21. The first-order chi connectivity index (χ1) is 12.2. The average molecular weight is 371 g/mol. The van der Waals surface area contributed by atoms with E-state index in [9.17, 15) is 14.4 Å². The molecule has 1 amide bonds. The number of carbonyl (C=O) groups is 1. The lowest BCUT2D eigenvalue weighted by atomic mass is 10.1. The van der Waals surface area contributed by atoms with Crippen molar-refractivity contribution in [3.63, 3.8) is 0 Å². The van der Waals surface area contributed by atoms with E-state index < -0.39 is 11.2 Å². The largest absolute Gasteiger partial charge is 0.350 e. The Morgan fingerprint density at radius 3 is 2.50 bits per heavy atom. The molecule has 0 saturated heterocycles. The summed E-state index contributed by atoms with van der Waals surface area (Å²) in [6.45, 7) is 7.33. The smallest absolute Gasteiger partial charge is 0.336 e. The van der Waals surface area contributed by atoms with Crippen molar-refractivity contribution in [3.8, 4) is 5.69 Å². The maximum atomic E-state index is 13.1. The maximum absolute atomic E-state index is 13.1. The predicted octanol–water partition coefficient (Wildman–Crippen LogP) is 2.44. The highest BCUT2D eigenvalue weighted by atomic mass is 32.1. The molecule has 0 spiro atoms. The van der Waals surface area contributed by atoms with Crippen molar-refractivity contribution in [2.24, 2.45) is 0 Å². The number of amides is 1. The van der Waals surface area contributed by atoms with Gasteiger partial charge in [0.15, 0.2) is 0 Å². The van der Waals surface area contributed by atoms with Gasteiger partial charge < -0.3 is 5.32 Å². The summed E-state index contributed by atoms with van der Waals surface area (Å²) in [7, 11) is 0. The molecule has 7 heteroatoms. The summed E-state index contributed by atoms with van der Waals surface area (Å²) in [6.07, 6.45) is 0. The van der Waals surface area contributed by atoms with Gasteiger partial charge in [-0.3, -0.25) is 14.2 Å². The summed E-state index contributed by atoms with van der Waals surface area (Å²) >= 11 is 1.27. The number of hydrogen-bond acceptors (Lipinski definition) is 4. The van der Waals surface area contributed by atoms with E-state index in [1.54, 1.807) is 23.6 Å². The molecule has 136 valence electrons. The number of benzene rings is 1. The van der Waals surface area contributed by atoms with Crippen molar-refractivity contribution >= 4 is 27.5 Å². The van der Waals surface area contributed by atoms with E-state index in [1.165, 1.54) is 15.9 Å². The van der Waals surface area contributed by atoms with Crippen LogP contribution in [0.15, 0.2) is 45.3 Å². The van der Waals surface area contributed by atoms with Crippen LogP contribution in [0.1, 0.15) is 26.3 Å². The molecule has 3 rings (SSSR count). The monoisotopic (exact) mass is 371 g/mol. The summed E-state index contributed by atoms with van der Waals surface area (Å²) in [5, 5.41) is 4.61. The van der Waals surface area contributed by atoms with Gasteiger partial charge in [0, 0.05) is 5.54 Å². The molecule has 1 aromatic carbocycles. The van der Waals surface area contributed by atoms with Crippen LogP contribution in [0.25, 0.3) is 15.9 Å².